The topological polar surface area (TPSA) is 126 Å². The van der Waals surface area contributed by atoms with Gasteiger partial charge in [0, 0.05) is 13.1 Å². The highest BCUT2D eigenvalue weighted by atomic mass is 16.6. The molecule has 1 aliphatic rings. The maximum atomic E-state index is 12.2. The number of benzene rings is 1. The summed E-state index contributed by atoms with van der Waals surface area (Å²) in [7, 11) is 0. The highest BCUT2D eigenvalue weighted by molar-refractivity contribution is 5.80. The lowest BCUT2D eigenvalue weighted by Crippen LogP contribution is -2.40. The van der Waals surface area contributed by atoms with Crippen molar-refractivity contribution in [1.29, 1.82) is 0 Å². The van der Waals surface area contributed by atoms with Gasteiger partial charge in [-0.25, -0.2) is 24.1 Å². The van der Waals surface area contributed by atoms with Crippen LogP contribution in [0.1, 0.15) is 32.7 Å². The normalized spacial score (nSPS) is 14.7. The molecule has 0 bridgehead atoms. The van der Waals surface area contributed by atoms with Gasteiger partial charge in [0.25, 0.3) is 0 Å². The zero-order chi connectivity index (χ0) is 22.8. The van der Waals surface area contributed by atoms with Crippen molar-refractivity contribution in [2.24, 2.45) is 0 Å². The minimum absolute atomic E-state index is 0.129. The Hall–Kier alpha value is -4.09. The number of aromatic nitrogens is 8. The van der Waals surface area contributed by atoms with Gasteiger partial charge < -0.3 is 14.4 Å². The van der Waals surface area contributed by atoms with Crippen molar-refractivity contribution in [1.82, 2.24) is 44.9 Å². The molecular weight excluding hydrogens is 426 g/mol. The van der Waals surface area contributed by atoms with Gasteiger partial charge in [0.05, 0.1) is 24.0 Å². The van der Waals surface area contributed by atoms with E-state index in [4.69, 9.17) is 9.47 Å². The quantitative estimate of drug-likeness (QED) is 0.452. The fourth-order valence-corrected chi connectivity index (χ4v) is 3.82. The molecule has 5 rings (SSSR count). The summed E-state index contributed by atoms with van der Waals surface area (Å²) in [4.78, 5) is 22.6. The lowest BCUT2D eigenvalue weighted by Gasteiger charge is -2.31. The number of hydrogen-bond acceptors (Lipinski definition) is 9. The molecule has 12 heteroatoms. The third kappa shape index (κ3) is 4.31. The summed E-state index contributed by atoms with van der Waals surface area (Å²) < 4.78 is 14.8. The largest absolute Gasteiger partial charge is 0.447 e. The number of amides is 1. The van der Waals surface area contributed by atoms with Gasteiger partial charge in [-0.15, -0.1) is 5.10 Å². The predicted molar refractivity (Wildman–Crippen MR) is 116 cm³/mol. The molecule has 0 saturated carbocycles. The number of nitrogens with zero attached hydrogens (tertiary/aromatic N) is 9. The Morgan fingerprint density at radius 3 is 2.61 bits per heavy atom. The van der Waals surface area contributed by atoms with Crippen molar-refractivity contribution in [3.63, 3.8) is 0 Å². The number of fused-ring (bicyclic) bond motifs is 1. The van der Waals surface area contributed by atoms with Gasteiger partial charge in [-0.3, -0.25) is 0 Å². The lowest BCUT2D eigenvalue weighted by molar-refractivity contribution is 0.0656. The summed E-state index contributed by atoms with van der Waals surface area (Å²) in [5.74, 6) is 1.05. The first kappa shape index (κ1) is 20.8. The van der Waals surface area contributed by atoms with E-state index in [0.29, 0.717) is 30.4 Å². The fourth-order valence-electron chi connectivity index (χ4n) is 3.82. The summed E-state index contributed by atoms with van der Waals surface area (Å²) >= 11 is 0. The molecule has 1 aliphatic heterocycles. The summed E-state index contributed by atoms with van der Waals surface area (Å²) in [6, 6.07) is 7.48. The lowest BCUT2D eigenvalue weighted by atomic mass is 10.1. The Morgan fingerprint density at radius 1 is 1.12 bits per heavy atom. The molecule has 0 atom stereocenters. The standard InChI is InChI=1S/C21H23N9O3/c1-14(2)32-21(31)28-9-7-16(8-10-28)30-19-18(11-25-30)20(23-12-22-19)33-17-5-3-15(4-6-17)29-13-24-26-27-29/h3-6,11-14,16H,7-10H2,1-2H3. The smallest absolute Gasteiger partial charge is 0.410 e. The third-order valence-electron chi connectivity index (χ3n) is 5.42. The second kappa shape index (κ2) is 8.81. The Bertz CT molecular complexity index is 1230. The molecule has 0 radical (unpaired) electrons. The van der Waals surface area contributed by atoms with Gasteiger partial charge in [0.2, 0.25) is 5.88 Å². The van der Waals surface area contributed by atoms with E-state index in [0.717, 1.165) is 23.9 Å². The molecule has 1 aromatic carbocycles. The summed E-state index contributed by atoms with van der Waals surface area (Å²) in [5, 5.41) is 16.4. The summed E-state index contributed by atoms with van der Waals surface area (Å²) in [5.41, 5.74) is 1.52. The van der Waals surface area contributed by atoms with E-state index < -0.39 is 0 Å². The summed E-state index contributed by atoms with van der Waals surface area (Å²) in [6.07, 6.45) is 5.86. The van der Waals surface area contributed by atoms with Gasteiger partial charge in [-0.1, -0.05) is 0 Å². The molecule has 12 nitrogen and oxygen atoms in total. The van der Waals surface area contributed by atoms with Gasteiger partial charge in [0.1, 0.15) is 23.8 Å². The molecule has 3 aromatic heterocycles. The number of ether oxygens (including phenoxy) is 2. The summed E-state index contributed by atoms with van der Waals surface area (Å²) in [6.45, 7) is 4.92. The van der Waals surface area contributed by atoms with Crippen molar-refractivity contribution in [3.8, 4) is 17.3 Å². The maximum absolute atomic E-state index is 12.2. The molecule has 1 saturated heterocycles. The number of piperidine rings is 1. The SMILES string of the molecule is CC(C)OC(=O)N1CCC(n2ncc3c(Oc4ccc(-n5cnnn5)cc4)ncnc32)CC1. The Morgan fingerprint density at radius 2 is 1.91 bits per heavy atom. The number of likely N-dealkylation sites (tertiary alicyclic amines) is 1. The maximum Gasteiger partial charge on any atom is 0.410 e. The highest BCUT2D eigenvalue weighted by Gasteiger charge is 2.27. The van der Waals surface area contributed by atoms with Crippen LogP contribution >= 0.6 is 0 Å². The third-order valence-corrected chi connectivity index (χ3v) is 5.42. The first-order chi connectivity index (χ1) is 16.1. The number of tetrazole rings is 1. The van der Waals surface area contributed by atoms with Crippen LogP contribution in [0.5, 0.6) is 11.6 Å². The van der Waals surface area contributed by atoms with E-state index >= 15 is 0 Å². The molecule has 1 amide bonds. The average molecular weight is 449 g/mol. The van der Waals surface area contributed by atoms with Crippen molar-refractivity contribution < 1.29 is 14.3 Å². The van der Waals surface area contributed by atoms with Gasteiger partial charge in [-0.2, -0.15) is 5.10 Å². The van der Waals surface area contributed by atoms with Crippen LogP contribution in [0.3, 0.4) is 0 Å². The molecule has 1 fully saturated rings. The van der Waals surface area contributed by atoms with Gasteiger partial charge >= 0.3 is 6.09 Å². The van der Waals surface area contributed by atoms with E-state index in [1.807, 2.05) is 42.8 Å². The fraction of sp³-hybridized carbons (Fsp3) is 0.381. The Kier molecular flexibility index (Phi) is 5.55. The Labute approximate surface area is 189 Å². The predicted octanol–water partition coefficient (Wildman–Crippen LogP) is 2.78. The molecule has 0 N–H and O–H groups in total. The van der Waals surface area contributed by atoms with Crippen LogP contribution in [0.2, 0.25) is 0 Å². The molecule has 0 spiro atoms. The minimum Gasteiger partial charge on any atom is -0.447 e. The van der Waals surface area contributed by atoms with Crippen molar-refractivity contribution in [2.45, 2.75) is 38.8 Å². The molecular formula is C21H23N9O3. The van der Waals surface area contributed by atoms with Crippen LogP contribution in [0.15, 0.2) is 43.1 Å². The van der Waals surface area contributed by atoms with E-state index in [1.54, 1.807) is 15.8 Å². The van der Waals surface area contributed by atoms with E-state index in [2.05, 4.69) is 30.6 Å². The Balaban J connectivity index is 1.30. The van der Waals surface area contributed by atoms with E-state index in [-0.39, 0.29) is 18.2 Å². The van der Waals surface area contributed by atoms with E-state index in [9.17, 15) is 4.79 Å². The van der Waals surface area contributed by atoms with Crippen LogP contribution in [0.25, 0.3) is 16.7 Å². The highest BCUT2D eigenvalue weighted by Crippen LogP contribution is 2.31. The first-order valence-corrected chi connectivity index (χ1v) is 10.7. The van der Waals surface area contributed by atoms with Crippen molar-refractivity contribution in [3.05, 3.63) is 43.1 Å². The molecule has 0 unspecified atom stereocenters. The zero-order valence-corrected chi connectivity index (χ0v) is 18.3. The minimum atomic E-state index is -0.266. The van der Waals surface area contributed by atoms with Gasteiger partial charge in [-0.05, 0) is 61.4 Å². The average Bonchev–Trinajstić information content (AvgIpc) is 3.50. The molecule has 33 heavy (non-hydrogen) atoms. The molecule has 0 aliphatic carbocycles. The van der Waals surface area contributed by atoms with Crippen molar-refractivity contribution >= 4 is 17.1 Å². The number of rotatable bonds is 5. The van der Waals surface area contributed by atoms with Crippen LogP contribution in [0, 0.1) is 0 Å². The number of hydrogen-bond donors (Lipinski definition) is 0. The second-order valence-corrected chi connectivity index (χ2v) is 8.01. The molecule has 4 heterocycles. The second-order valence-electron chi connectivity index (χ2n) is 8.01. The first-order valence-electron chi connectivity index (χ1n) is 10.7. The van der Waals surface area contributed by atoms with E-state index in [1.165, 1.54) is 12.7 Å². The van der Waals surface area contributed by atoms with Crippen LogP contribution in [0.4, 0.5) is 4.79 Å². The number of carbonyl (C=O) groups is 1. The van der Waals surface area contributed by atoms with Gasteiger partial charge in [0.15, 0.2) is 5.65 Å². The van der Waals surface area contributed by atoms with Crippen molar-refractivity contribution in [2.75, 3.05) is 13.1 Å². The van der Waals surface area contributed by atoms with Crippen LogP contribution in [-0.4, -0.2) is 70.1 Å². The zero-order valence-electron chi connectivity index (χ0n) is 18.3. The van der Waals surface area contributed by atoms with Crippen LogP contribution in [-0.2, 0) is 4.74 Å². The molecule has 170 valence electrons. The number of carbonyl (C=O) groups excluding carboxylic acids is 1. The molecule has 4 aromatic rings. The van der Waals surface area contributed by atoms with Crippen LogP contribution < -0.4 is 4.74 Å². The monoisotopic (exact) mass is 449 g/mol.